The van der Waals surface area contributed by atoms with Gasteiger partial charge in [0, 0.05) is 5.56 Å². The van der Waals surface area contributed by atoms with Gasteiger partial charge < -0.3 is 15.2 Å². The molecule has 8 heteroatoms. The number of aromatic hydroxyl groups is 1. The third-order valence-electron chi connectivity index (χ3n) is 3.61. The van der Waals surface area contributed by atoms with Crippen LogP contribution >= 0.6 is 23.2 Å². The van der Waals surface area contributed by atoms with Gasteiger partial charge in [0.2, 0.25) is 0 Å². The molecule has 0 fully saturated rings. The van der Waals surface area contributed by atoms with Gasteiger partial charge in [0.15, 0.2) is 11.9 Å². The van der Waals surface area contributed by atoms with Crippen molar-refractivity contribution in [3.63, 3.8) is 0 Å². The number of hydrogen-bond donors (Lipinski definition) is 2. The zero-order valence-corrected chi connectivity index (χ0v) is 15.7. The van der Waals surface area contributed by atoms with Crippen molar-refractivity contribution in [1.29, 1.82) is 0 Å². The monoisotopic (exact) mass is 403 g/mol. The average molecular weight is 404 g/mol. The summed E-state index contributed by atoms with van der Waals surface area (Å²) in [5.41, 5.74) is 1.08. The number of aromatic nitrogens is 2. The van der Waals surface area contributed by atoms with E-state index in [-0.39, 0.29) is 16.7 Å². The second kappa shape index (κ2) is 8.24. The zero-order chi connectivity index (χ0) is 19.4. The van der Waals surface area contributed by atoms with E-state index in [0.717, 1.165) is 0 Å². The van der Waals surface area contributed by atoms with Crippen molar-refractivity contribution in [3.8, 4) is 22.9 Å². The Morgan fingerprint density at radius 1 is 1.15 bits per heavy atom. The Balaban J connectivity index is 1.66. The molecule has 1 aromatic heterocycles. The number of phenols is 1. The number of carbonyl (C=O) groups excluding carboxylic acids is 1. The third-order valence-corrected chi connectivity index (χ3v) is 4.41. The quantitative estimate of drug-likeness (QED) is 0.651. The summed E-state index contributed by atoms with van der Waals surface area (Å²) in [5, 5.41) is 12.8. The first-order chi connectivity index (χ1) is 12.9. The number of amides is 1. The summed E-state index contributed by atoms with van der Waals surface area (Å²) in [5.74, 6) is 0.486. The number of rotatable bonds is 5. The van der Waals surface area contributed by atoms with Crippen LogP contribution in [0.5, 0.6) is 11.5 Å². The highest BCUT2D eigenvalue weighted by molar-refractivity contribution is 6.42. The van der Waals surface area contributed by atoms with Gasteiger partial charge in [0.05, 0.1) is 23.1 Å². The Kier molecular flexibility index (Phi) is 5.78. The van der Waals surface area contributed by atoms with E-state index in [1.807, 2.05) is 0 Å². The Bertz CT molecular complexity index is 965. The maximum atomic E-state index is 12.3. The number of halogens is 2. The molecule has 0 bridgehead atoms. The van der Waals surface area contributed by atoms with Crippen molar-refractivity contribution in [2.75, 3.05) is 5.32 Å². The van der Waals surface area contributed by atoms with Crippen LogP contribution in [0.15, 0.2) is 54.9 Å². The fourth-order valence-electron chi connectivity index (χ4n) is 2.25. The van der Waals surface area contributed by atoms with Crippen molar-refractivity contribution in [2.24, 2.45) is 0 Å². The van der Waals surface area contributed by atoms with Gasteiger partial charge in [-0.05, 0) is 31.2 Å². The van der Waals surface area contributed by atoms with Gasteiger partial charge in [-0.25, -0.2) is 9.97 Å². The Morgan fingerprint density at radius 2 is 1.85 bits per heavy atom. The summed E-state index contributed by atoms with van der Waals surface area (Å²) in [4.78, 5) is 20.7. The molecule has 138 valence electrons. The standard InChI is InChI=1S/C19H15Cl2N3O3/c1-11(27-16-7-3-6-15(20)17(16)21)19(26)24-13-9-22-18(23-10-13)12-4-2-5-14(25)8-12/h2-11,25H,1H3,(H,24,26)/t11-/m1/s1. The van der Waals surface area contributed by atoms with Crippen molar-refractivity contribution in [1.82, 2.24) is 9.97 Å². The summed E-state index contributed by atoms with van der Waals surface area (Å²) in [6, 6.07) is 11.5. The topological polar surface area (TPSA) is 84.3 Å². The van der Waals surface area contributed by atoms with Crippen molar-refractivity contribution < 1.29 is 14.6 Å². The zero-order valence-electron chi connectivity index (χ0n) is 14.2. The van der Waals surface area contributed by atoms with Crippen LogP contribution in [-0.4, -0.2) is 27.1 Å². The van der Waals surface area contributed by atoms with E-state index < -0.39 is 6.10 Å². The Labute approximate surface area is 165 Å². The molecule has 3 rings (SSSR count). The lowest BCUT2D eigenvalue weighted by molar-refractivity contribution is -0.122. The lowest BCUT2D eigenvalue weighted by Crippen LogP contribution is -2.30. The Hall–Kier alpha value is -2.83. The molecular weight excluding hydrogens is 389 g/mol. The summed E-state index contributed by atoms with van der Waals surface area (Å²) >= 11 is 12.0. The maximum absolute atomic E-state index is 12.3. The highest BCUT2D eigenvalue weighted by atomic mass is 35.5. The van der Waals surface area contributed by atoms with E-state index in [0.29, 0.717) is 27.8 Å². The van der Waals surface area contributed by atoms with Crippen LogP contribution in [0.25, 0.3) is 11.4 Å². The minimum atomic E-state index is -0.813. The molecule has 2 aromatic carbocycles. The number of carbonyl (C=O) groups is 1. The number of phenolic OH excluding ortho intramolecular Hbond substituents is 1. The highest BCUT2D eigenvalue weighted by Gasteiger charge is 2.17. The predicted octanol–water partition coefficient (Wildman–Crippen LogP) is 4.56. The summed E-state index contributed by atoms with van der Waals surface area (Å²) < 4.78 is 5.57. The highest BCUT2D eigenvalue weighted by Crippen LogP contribution is 2.32. The van der Waals surface area contributed by atoms with E-state index in [9.17, 15) is 9.90 Å². The van der Waals surface area contributed by atoms with Crippen LogP contribution in [0.1, 0.15) is 6.92 Å². The molecule has 0 aliphatic heterocycles. The molecule has 3 aromatic rings. The van der Waals surface area contributed by atoms with Crippen molar-refractivity contribution in [3.05, 3.63) is 64.9 Å². The Morgan fingerprint density at radius 3 is 2.56 bits per heavy atom. The van der Waals surface area contributed by atoms with E-state index >= 15 is 0 Å². The number of benzene rings is 2. The van der Waals surface area contributed by atoms with Crippen LogP contribution in [0.4, 0.5) is 5.69 Å². The lowest BCUT2D eigenvalue weighted by Gasteiger charge is -2.16. The van der Waals surface area contributed by atoms with Crippen LogP contribution in [-0.2, 0) is 4.79 Å². The molecule has 6 nitrogen and oxygen atoms in total. The van der Waals surface area contributed by atoms with Gasteiger partial charge in [-0.2, -0.15) is 0 Å². The van der Waals surface area contributed by atoms with Crippen LogP contribution < -0.4 is 10.1 Å². The minimum absolute atomic E-state index is 0.124. The lowest BCUT2D eigenvalue weighted by atomic mass is 10.2. The van der Waals surface area contributed by atoms with Gasteiger partial charge in [0.25, 0.3) is 5.91 Å². The summed E-state index contributed by atoms with van der Waals surface area (Å²) in [6.07, 6.45) is 2.14. The van der Waals surface area contributed by atoms with Gasteiger partial charge >= 0.3 is 0 Å². The molecule has 1 atom stereocenters. The van der Waals surface area contributed by atoms with Gasteiger partial charge in [-0.1, -0.05) is 41.4 Å². The van der Waals surface area contributed by atoms with Crippen LogP contribution in [0.2, 0.25) is 10.0 Å². The summed E-state index contributed by atoms with van der Waals surface area (Å²) in [7, 11) is 0. The SMILES string of the molecule is C[C@@H](Oc1cccc(Cl)c1Cl)C(=O)Nc1cnc(-c2cccc(O)c2)nc1. The largest absolute Gasteiger partial charge is 0.508 e. The number of nitrogens with zero attached hydrogens (tertiary/aromatic N) is 2. The molecule has 27 heavy (non-hydrogen) atoms. The third kappa shape index (κ3) is 4.67. The molecule has 1 heterocycles. The van der Waals surface area contributed by atoms with Crippen LogP contribution in [0, 0.1) is 0 Å². The van der Waals surface area contributed by atoms with E-state index in [1.165, 1.54) is 12.4 Å². The molecular formula is C19H15Cl2N3O3. The molecule has 0 unspecified atom stereocenters. The molecule has 0 saturated carbocycles. The second-order valence-electron chi connectivity index (χ2n) is 5.65. The number of ether oxygens (including phenoxy) is 1. The molecule has 0 radical (unpaired) electrons. The average Bonchev–Trinajstić information content (AvgIpc) is 2.66. The van der Waals surface area contributed by atoms with Gasteiger partial charge in [-0.15, -0.1) is 0 Å². The van der Waals surface area contributed by atoms with Gasteiger partial charge in [-0.3, -0.25) is 4.79 Å². The normalized spacial score (nSPS) is 11.7. The minimum Gasteiger partial charge on any atom is -0.508 e. The van der Waals surface area contributed by atoms with E-state index in [1.54, 1.807) is 49.4 Å². The van der Waals surface area contributed by atoms with Crippen molar-refractivity contribution >= 4 is 34.8 Å². The first-order valence-corrected chi connectivity index (χ1v) is 8.72. The van der Waals surface area contributed by atoms with Crippen LogP contribution in [0.3, 0.4) is 0 Å². The fraction of sp³-hybridized carbons (Fsp3) is 0.105. The molecule has 0 aliphatic rings. The van der Waals surface area contributed by atoms with E-state index in [4.69, 9.17) is 27.9 Å². The summed E-state index contributed by atoms with van der Waals surface area (Å²) in [6.45, 7) is 1.59. The fourth-order valence-corrected chi connectivity index (χ4v) is 2.59. The predicted molar refractivity (Wildman–Crippen MR) is 104 cm³/mol. The number of nitrogens with one attached hydrogen (secondary N) is 1. The first kappa shape index (κ1) is 18.9. The first-order valence-electron chi connectivity index (χ1n) is 7.97. The maximum Gasteiger partial charge on any atom is 0.265 e. The smallest absolute Gasteiger partial charge is 0.265 e. The van der Waals surface area contributed by atoms with Gasteiger partial charge in [0.1, 0.15) is 16.5 Å². The van der Waals surface area contributed by atoms with E-state index in [2.05, 4.69) is 15.3 Å². The number of anilines is 1. The molecule has 2 N–H and O–H groups in total. The molecule has 1 amide bonds. The molecule has 0 saturated heterocycles. The number of hydrogen-bond acceptors (Lipinski definition) is 5. The molecule has 0 spiro atoms. The van der Waals surface area contributed by atoms with Crippen molar-refractivity contribution in [2.45, 2.75) is 13.0 Å². The molecule has 0 aliphatic carbocycles. The second-order valence-corrected chi connectivity index (χ2v) is 6.43.